The topological polar surface area (TPSA) is 62.2 Å². The van der Waals surface area contributed by atoms with E-state index in [1.165, 1.54) is 19.4 Å². The molecule has 0 saturated carbocycles. The molecule has 0 atom stereocenters. The number of benzene rings is 3. The average molecular weight is 641 g/mol. The minimum atomic E-state index is -0.327. The number of likely N-dealkylation sites (N-methyl/N-ethyl adjacent to an activating group) is 1. The van der Waals surface area contributed by atoms with Crippen molar-refractivity contribution in [2.45, 2.75) is 11.4 Å². The quantitative estimate of drug-likeness (QED) is 0.328. The number of aromatic nitrogens is 2. The zero-order valence-corrected chi connectivity index (χ0v) is 23.5. The van der Waals surface area contributed by atoms with E-state index in [1.807, 2.05) is 37.0 Å². The normalized spacial score (nSPS) is 14.2. The molecule has 5 nitrogen and oxygen atoms in total. The molecule has 0 unspecified atom stereocenters. The van der Waals surface area contributed by atoms with E-state index in [4.69, 9.17) is 21.6 Å². The number of hydrogen-bond acceptors (Lipinski definition) is 6. The number of aliphatic imine (C=N–C) groups is 1. The van der Waals surface area contributed by atoms with Crippen molar-refractivity contribution in [2.24, 2.45) is 4.99 Å². The summed E-state index contributed by atoms with van der Waals surface area (Å²) >= 11 is 8.05. The van der Waals surface area contributed by atoms with Gasteiger partial charge in [-0.05, 0) is 12.1 Å². The van der Waals surface area contributed by atoms with Crippen LogP contribution in [0.25, 0.3) is 11.3 Å². The van der Waals surface area contributed by atoms with Crippen LogP contribution in [-0.4, -0.2) is 29.3 Å². The van der Waals surface area contributed by atoms with Crippen molar-refractivity contribution in [1.82, 2.24) is 15.3 Å². The summed E-state index contributed by atoms with van der Waals surface area (Å²) in [5.74, 6) is 0.169. The van der Waals surface area contributed by atoms with E-state index in [9.17, 15) is 4.39 Å². The van der Waals surface area contributed by atoms with Gasteiger partial charge in [-0.3, -0.25) is 0 Å². The molecule has 0 bridgehead atoms. The van der Waals surface area contributed by atoms with Crippen LogP contribution >= 0.6 is 23.4 Å². The number of hydrogen-bond donors (Lipinski definition) is 2. The van der Waals surface area contributed by atoms with Crippen LogP contribution in [0.3, 0.4) is 0 Å². The van der Waals surface area contributed by atoms with Crippen molar-refractivity contribution >= 4 is 40.7 Å². The number of anilines is 2. The predicted octanol–water partition coefficient (Wildman–Crippen LogP) is 3.46. The standard InChI is InChI=1S/C28H21ClFIN5S/c1-32-15-19-12-31-24-9-7-18(11-25(24)37-19)35-28-34-14-16-13-33-27(21-4-2-3-5-23(21)30)22-10-17(29)6-8-20(22)26(16)36-28/h2-12,14,32H,13,15H2,1H3,(H,34,35,36)/q-1. The van der Waals surface area contributed by atoms with Gasteiger partial charge in [0, 0.05) is 0 Å². The molecule has 37 heavy (non-hydrogen) atoms. The molecule has 1 aromatic heterocycles. The van der Waals surface area contributed by atoms with E-state index in [2.05, 4.69) is 37.9 Å². The number of halogens is 3. The number of thioether (sulfide) groups is 1. The molecule has 2 aliphatic rings. The van der Waals surface area contributed by atoms with Gasteiger partial charge in [-0.25, -0.2) is 4.39 Å². The second kappa shape index (κ2) is 10.5. The van der Waals surface area contributed by atoms with Gasteiger partial charge < -0.3 is 0 Å². The van der Waals surface area contributed by atoms with Gasteiger partial charge in [-0.2, -0.15) is 0 Å². The molecular formula is C28H21ClFIN5S-. The van der Waals surface area contributed by atoms with Crippen LogP contribution in [0, 0.1) is 9.39 Å². The van der Waals surface area contributed by atoms with Crippen molar-refractivity contribution in [3.63, 3.8) is 0 Å². The van der Waals surface area contributed by atoms with Crippen molar-refractivity contribution in [2.75, 3.05) is 18.9 Å². The summed E-state index contributed by atoms with van der Waals surface area (Å²) in [5.41, 5.74) is 5.16. The fraction of sp³-hybridized carbons (Fsp3) is 0.107. The second-order valence-corrected chi connectivity index (χ2v) is 12.5. The fourth-order valence-electron chi connectivity index (χ4n) is 4.28. The third kappa shape index (κ3) is 5.03. The first-order valence-electron chi connectivity index (χ1n) is 11.6. The predicted molar refractivity (Wildman–Crippen MR) is 145 cm³/mol. The number of nitrogens with one attached hydrogen (secondary N) is 2. The van der Waals surface area contributed by atoms with Gasteiger partial charge in [0.1, 0.15) is 5.82 Å². The monoisotopic (exact) mass is 640 g/mol. The van der Waals surface area contributed by atoms with Crippen LogP contribution in [0.4, 0.5) is 16.0 Å². The van der Waals surface area contributed by atoms with E-state index in [0.29, 0.717) is 28.8 Å². The Hall–Kier alpha value is -2.79. The minimum absolute atomic E-state index is 0.132. The third-order valence-electron chi connectivity index (χ3n) is 5.97. The molecule has 0 aliphatic carbocycles. The van der Waals surface area contributed by atoms with Gasteiger partial charge in [-0.15, -0.1) is 0 Å². The summed E-state index contributed by atoms with van der Waals surface area (Å²) in [5, 5.41) is 7.18. The van der Waals surface area contributed by atoms with Crippen molar-refractivity contribution in [1.29, 1.82) is 0 Å². The third-order valence-corrected chi connectivity index (χ3v) is 10.7. The Morgan fingerprint density at radius 1 is 1.05 bits per heavy atom. The zero-order valence-electron chi connectivity index (χ0n) is 19.7. The Morgan fingerprint density at radius 2 is 1.95 bits per heavy atom. The van der Waals surface area contributed by atoms with E-state index < -0.39 is 0 Å². The maximum absolute atomic E-state index is 14.8. The van der Waals surface area contributed by atoms with Gasteiger partial charge in [0.15, 0.2) is 0 Å². The Balaban J connectivity index is 1.36. The summed E-state index contributed by atoms with van der Waals surface area (Å²) in [6, 6.07) is 18.7. The van der Waals surface area contributed by atoms with E-state index in [1.54, 1.807) is 24.4 Å². The van der Waals surface area contributed by atoms with Crippen LogP contribution in [0.15, 0.2) is 85.7 Å². The van der Waals surface area contributed by atoms with Crippen LogP contribution in [0.1, 0.15) is 16.7 Å². The van der Waals surface area contributed by atoms with Crippen molar-refractivity contribution < 1.29 is 25.6 Å². The van der Waals surface area contributed by atoms with Crippen LogP contribution < -0.4 is 31.8 Å². The van der Waals surface area contributed by atoms with Gasteiger partial charge in [0.05, 0.1) is 0 Å². The summed E-state index contributed by atoms with van der Waals surface area (Å²) in [7, 11) is 1.97. The summed E-state index contributed by atoms with van der Waals surface area (Å²) in [6.45, 7) is 1.22. The Bertz CT molecular complexity index is 1590. The summed E-state index contributed by atoms with van der Waals surface area (Å²) < 4.78 is 18.6. The number of nitrogens with zero attached hydrogens (tertiary/aromatic N) is 3. The molecule has 3 heterocycles. The van der Waals surface area contributed by atoms with E-state index >= 15 is 0 Å². The van der Waals surface area contributed by atoms with Crippen molar-refractivity contribution in [3.8, 4) is 11.3 Å². The molecule has 3 aromatic carbocycles. The zero-order chi connectivity index (χ0) is 25.4. The summed E-state index contributed by atoms with van der Waals surface area (Å²) in [4.78, 5) is 16.9. The van der Waals surface area contributed by atoms with Crippen LogP contribution in [0.2, 0.25) is 5.02 Å². The average Bonchev–Trinajstić information content (AvgIpc) is 3.05. The molecule has 0 amide bonds. The first-order valence-corrected chi connectivity index (χ1v) is 15.1. The Kier molecular flexibility index (Phi) is 6.98. The SMILES string of the molecule is CNCC1=C[I-]c2ccc(Nc3ncc4c(n3)-c3ccc(Cl)cc3C(c3ccccc3F)=NC4)cc2S1. The molecule has 4 aromatic rings. The Morgan fingerprint density at radius 3 is 2.81 bits per heavy atom. The maximum atomic E-state index is 14.8. The molecule has 6 rings (SSSR count). The van der Waals surface area contributed by atoms with Gasteiger partial charge in [-0.1, -0.05) is 23.7 Å². The number of fused-ring (bicyclic) bond motifs is 4. The molecule has 186 valence electrons. The molecule has 2 N–H and O–H groups in total. The molecule has 0 saturated heterocycles. The van der Waals surface area contributed by atoms with Crippen molar-refractivity contribution in [3.05, 3.63) is 107 Å². The Labute approximate surface area is 234 Å². The van der Waals surface area contributed by atoms with Crippen LogP contribution in [0.5, 0.6) is 0 Å². The fourth-order valence-corrected chi connectivity index (χ4v) is 8.41. The molecule has 9 heteroatoms. The molecule has 0 spiro atoms. The first-order chi connectivity index (χ1) is 18.1. The van der Waals surface area contributed by atoms with E-state index in [-0.39, 0.29) is 27.0 Å². The van der Waals surface area contributed by atoms with Crippen LogP contribution in [-0.2, 0) is 6.54 Å². The van der Waals surface area contributed by atoms with E-state index in [0.717, 1.165) is 34.6 Å². The van der Waals surface area contributed by atoms with Gasteiger partial charge >= 0.3 is 189 Å². The van der Waals surface area contributed by atoms with Gasteiger partial charge in [0.2, 0.25) is 0 Å². The van der Waals surface area contributed by atoms with Gasteiger partial charge in [0.25, 0.3) is 0 Å². The molecule has 2 aliphatic heterocycles. The second-order valence-electron chi connectivity index (χ2n) is 8.49. The number of rotatable bonds is 5. The molecule has 0 radical (unpaired) electrons. The summed E-state index contributed by atoms with van der Waals surface area (Å²) in [6.07, 6.45) is 1.79. The molecular weight excluding hydrogens is 620 g/mol. The first kappa shape index (κ1) is 24.5. The molecule has 0 fully saturated rings.